The van der Waals surface area contributed by atoms with Crippen LogP contribution in [0.3, 0.4) is 0 Å². The Hall–Kier alpha value is -5.13. The molecule has 0 unspecified atom stereocenters. The molecule has 3 amide bonds. The lowest BCUT2D eigenvalue weighted by Crippen LogP contribution is -2.30. The number of amides is 3. The number of hydrogen-bond acceptors (Lipinski definition) is 8. The molecule has 1 heterocycles. The number of thiazole rings is 1. The SMILES string of the molecule is COc1cc(O)ccc1/C=C(/NC(=O)c1ccccc1)C(=O)Nc1cccc(SCC(=O)Nc2nc3ccccc3s2)c1. The number of methoxy groups -OCH3 is 1. The number of nitrogens with zero attached hydrogens (tertiary/aromatic N) is 1. The van der Waals surface area contributed by atoms with E-state index in [2.05, 4.69) is 20.9 Å². The number of rotatable bonds is 10. The molecule has 0 saturated heterocycles. The number of phenolic OH excluding ortho intramolecular Hbond substituents is 1. The Bertz CT molecular complexity index is 1790. The molecule has 1 aromatic heterocycles. The Balaban J connectivity index is 1.29. The minimum Gasteiger partial charge on any atom is -0.508 e. The van der Waals surface area contributed by atoms with Crippen LogP contribution in [0.1, 0.15) is 15.9 Å². The normalized spacial score (nSPS) is 11.1. The Kier molecular flexibility index (Phi) is 9.35. The number of thioether (sulfide) groups is 1. The number of benzene rings is 4. The van der Waals surface area contributed by atoms with E-state index in [4.69, 9.17) is 4.74 Å². The van der Waals surface area contributed by atoms with Crippen molar-refractivity contribution in [1.29, 1.82) is 0 Å². The fraction of sp³-hybridized carbons (Fsp3) is 0.0625. The van der Waals surface area contributed by atoms with E-state index >= 15 is 0 Å². The van der Waals surface area contributed by atoms with E-state index in [1.165, 1.54) is 48.4 Å². The summed E-state index contributed by atoms with van der Waals surface area (Å²) in [5.41, 5.74) is 2.12. The molecule has 4 aromatic carbocycles. The summed E-state index contributed by atoms with van der Waals surface area (Å²) in [5.74, 6) is -0.779. The topological polar surface area (TPSA) is 130 Å². The van der Waals surface area contributed by atoms with Crippen molar-refractivity contribution in [3.8, 4) is 11.5 Å². The average molecular weight is 611 g/mol. The van der Waals surface area contributed by atoms with Gasteiger partial charge in [-0.2, -0.15) is 0 Å². The predicted octanol–water partition coefficient (Wildman–Crippen LogP) is 6.15. The van der Waals surface area contributed by atoms with Gasteiger partial charge in [-0.25, -0.2) is 4.98 Å². The summed E-state index contributed by atoms with van der Waals surface area (Å²) >= 11 is 2.72. The number of aromatic nitrogens is 1. The first-order valence-corrected chi connectivity index (χ1v) is 14.8. The second-order valence-corrected chi connectivity index (χ2v) is 11.2. The maximum Gasteiger partial charge on any atom is 0.272 e. The van der Waals surface area contributed by atoms with Crippen molar-refractivity contribution in [2.75, 3.05) is 23.5 Å². The molecule has 5 aromatic rings. The summed E-state index contributed by atoms with van der Waals surface area (Å²) in [5, 5.41) is 18.7. The van der Waals surface area contributed by atoms with E-state index < -0.39 is 11.8 Å². The fourth-order valence-corrected chi connectivity index (χ4v) is 5.65. The van der Waals surface area contributed by atoms with Gasteiger partial charge in [-0.15, -0.1) is 11.8 Å². The molecule has 9 nitrogen and oxygen atoms in total. The van der Waals surface area contributed by atoms with Crippen LogP contribution in [0.5, 0.6) is 11.5 Å². The van der Waals surface area contributed by atoms with Gasteiger partial charge in [-0.05, 0) is 60.7 Å². The quantitative estimate of drug-likeness (QED) is 0.110. The summed E-state index contributed by atoms with van der Waals surface area (Å²) < 4.78 is 6.33. The van der Waals surface area contributed by atoms with E-state index in [0.717, 1.165) is 15.1 Å². The monoisotopic (exact) mass is 610 g/mol. The van der Waals surface area contributed by atoms with E-state index in [1.54, 1.807) is 54.6 Å². The van der Waals surface area contributed by atoms with E-state index in [0.29, 0.717) is 27.7 Å². The first kappa shape index (κ1) is 29.4. The largest absolute Gasteiger partial charge is 0.508 e. The number of para-hydroxylation sites is 1. The van der Waals surface area contributed by atoms with Gasteiger partial charge in [-0.1, -0.05) is 47.7 Å². The molecule has 11 heteroatoms. The van der Waals surface area contributed by atoms with Gasteiger partial charge in [0, 0.05) is 27.8 Å². The number of fused-ring (bicyclic) bond motifs is 1. The highest BCUT2D eigenvalue weighted by Gasteiger charge is 2.17. The number of nitrogens with one attached hydrogen (secondary N) is 3. The number of carbonyl (C=O) groups excluding carboxylic acids is 3. The standard InChI is InChI=1S/C32H26N4O5S2/c1-41-27-18-23(37)15-14-21(27)16-26(34-30(39)20-8-3-2-4-9-20)31(40)33-22-10-7-11-24(17-22)42-19-29(38)36-32-35-25-12-5-6-13-28(25)43-32/h2-18,37H,19H2,1H3,(H,33,40)(H,34,39)(H,35,36,38)/b26-16+. The van der Waals surface area contributed by atoms with Gasteiger partial charge in [0.1, 0.15) is 17.2 Å². The van der Waals surface area contributed by atoms with Crippen LogP contribution in [0.15, 0.2) is 108 Å². The predicted molar refractivity (Wildman–Crippen MR) is 171 cm³/mol. The van der Waals surface area contributed by atoms with Crippen molar-refractivity contribution in [3.63, 3.8) is 0 Å². The van der Waals surface area contributed by atoms with Crippen LogP contribution < -0.4 is 20.7 Å². The van der Waals surface area contributed by atoms with Crippen molar-refractivity contribution >= 4 is 67.9 Å². The second kappa shape index (κ2) is 13.7. The van der Waals surface area contributed by atoms with Crippen molar-refractivity contribution in [1.82, 2.24) is 10.3 Å². The highest BCUT2D eigenvalue weighted by molar-refractivity contribution is 8.00. The minimum absolute atomic E-state index is 0.00333. The van der Waals surface area contributed by atoms with Crippen LogP contribution >= 0.6 is 23.1 Å². The molecule has 43 heavy (non-hydrogen) atoms. The van der Waals surface area contributed by atoms with E-state index in [-0.39, 0.29) is 23.1 Å². The van der Waals surface area contributed by atoms with Crippen LogP contribution in [0.25, 0.3) is 16.3 Å². The first-order valence-electron chi connectivity index (χ1n) is 13.0. The van der Waals surface area contributed by atoms with Crippen molar-refractivity contribution in [3.05, 3.63) is 114 Å². The summed E-state index contributed by atoms with van der Waals surface area (Å²) in [6.45, 7) is 0. The molecule has 0 aliphatic carbocycles. The Morgan fingerprint density at radius 1 is 0.930 bits per heavy atom. The Labute approximate surface area is 255 Å². The van der Waals surface area contributed by atoms with Crippen LogP contribution in [-0.2, 0) is 9.59 Å². The summed E-state index contributed by atoms with van der Waals surface area (Å²) in [6.07, 6.45) is 1.47. The second-order valence-electron chi connectivity index (χ2n) is 9.11. The molecular formula is C32H26N4O5S2. The smallest absolute Gasteiger partial charge is 0.272 e. The molecular weight excluding hydrogens is 585 g/mol. The van der Waals surface area contributed by atoms with Crippen LogP contribution in [0, 0.1) is 0 Å². The zero-order valence-corrected chi connectivity index (χ0v) is 24.5. The number of ether oxygens (including phenoxy) is 1. The third-order valence-electron chi connectivity index (χ3n) is 6.05. The van der Waals surface area contributed by atoms with Gasteiger partial charge >= 0.3 is 0 Å². The number of hydrogen-bond donors (Lipinski definition) is 4. The van der Waals surface area contributed by atoms with Crippen LogP contribution in [0.2, 0.25) is 0 Å². The molecule has 0 radical (unpaired) electrons. The van der Waals surface area contributed by atoms with Crippen molar-refractivity contribution in [2.45, 2.75) is 4.90 Å². The summed E-state index contributed by atoms with van der Waals surface area (Å²) in [7, 11) is 1.44. The maximum absolute atomic E-state index is 13.4. The lowest BCUT2D eigenvalue weighted by atomic mass is 10.1. The lowest BCUT2D eigenvalue weighted by molar-refractivity contribution is -0.114. The average Bonchev–Trinajstić information content (AvgIpc) is 3.43. The molecule has 0 bridgehead atoms. The lowest BCUT2D eigenvalue weighted by Gasteiger charge is -2.13. The molecule has 0 aliphatic heterocycles. The van der Waals surface area contributed by atoms with Crippen LogP contribution in [0.4, 0.5) is 10.8 Å². The zero-order valence-electron chi connectivity index (χ0n) is 22.9. The highest BCUT2D eigenvalue weighted by atomic mass is 32.2. The van der Waals surface area contributed by atoms with Gasteiger partial charge in [0.05, 0.1) is 23.1 Å². The molecule has 5 rings (SSSR count). The van der Waals surface area contributed by atoms with Crippen molar-refractivity contribution in [2.24, 2.45) is 0 Å². The Morgan fingerprint density at radius 2 is 1.72 bits per heavy atom. The first-order chi connectivity index (χ1) is 20.9. The number of phenols is 1. The number of carbonyl (C=O) groups is 3. The maximum atomic E-state index is 13.4. The van der Waals surface area contributed by atoms with Crippen molar-refractivity contribution < 1.29 is 24.2 Å². The Morgan fingerprint density at radius 3 is 2.51 bits per heavy atom. The molecule has 0 atom stereocenters. The minimum atomic E-state index is -0.574. The molecule has 0 spiro atoms. The fourth-order valence-electron chi connectivity index (χ4n) is 4.01. The molecule has 0 aliphatic rings. The highest BCUT2D eigenvalue weighted by Crippen LogP contribution is 2.28. The number of aromatic hydroxyl groups is 1. The van der Waals surface area contributed by atoms with Gasteiger partial charge in [0.2, 0.25) is 5.91 Å². The van der Waals surface area contributed by atoms with E-state index in [1.807, 2.05) is 30.3 Å². The third-order valence-corrected chi connectivity index (χ3v) is 7.99. The summed E-state index contributed by atoms with van der Waals surface area (Å²) in [6, 6.07) is 27.7. The molecule has 4 N–H and O–H groups in total. The van der Waals surface area contributed by atoms with Gasteiger partial charge in [0.25, 0.3) is 11.8 Å². The third kappa shape index (κ3) is 7.79. The van der Waals surface area contributed by atoms with Gasteiger partial charge in [0.15, 0.2) is 5.13 Å². The zero-order chi connectivity index (χ0) is 30.2. The molecule has 216 valence electrons. The van der Waals surface area contributed by atoms with Gasteiger partial charge < -0.3 is 25.8 Å². The molecule has 0 saturated carbocycles. The molecule has 0 fully saturated rings. The van der Waals surface area contributed by atoms with Gasteiger partial charge in [-0.3, -0.25) is 14.4 Å². The summed E-state index contributed by atoms with van der Waals surface area (Å²) in [4.78, 5) is 44.2. The number of anilines is 2. The van der Waals surface area contributed by atoms with E-state index in [9.17, 15) is 19.5 Å². The van der Waals surface area contributed by atoms with Crippen LogP contribution in [-0.4, -0.2) is 40.7 Å².